The summed E-state index contributed by atoms with van der Waals surface area (Å²) in [6, 6.07) is 8.78. The smallest absolute Gasteiger partial charge is 0.490 e. The molecule has 1 aliphatic rings. The van der Waals surface area contributed by atoms with E-state index in [1.54, 1.807) is 18.2 Å². The van der Waals surface area contributed by atoms with Crippen molar-refractivity contribution >= 4 is 12.6 Å². The van der Waals surface area contributed by atoms with E-state index in [1.807, 2.05) is 34.6 Å². The average Bonchev–Trinajstić information content (AvgIpc) is 2.84. The Balaban J connectivity index is 2.00. The lowest BCUT2D eigenvalue weighted by atomic mass is 9.78. The van der Waals surface area contributed by atoms with Crippen LogP contribution in [0.15, 0.2) is 49.1 Å². The van der Waals surface area contributed by atoms with Crippen LogP contribution >= 0.6 is 0 Å². The highest BCUT2D eigenvalue weighted by Crippen LogP contribution is 2.38. The Bertz CT molecular complexity index is 895. The summed E-state index contributed by atoms with van der Waals surface area (Å²) in [5.41, 5.74) is 0.457. The molecule has 6 heteroatoms. The molecule has 0 N–H and O–H groups in total. The van der Waals surface area contributed by atoms with Crippen molar-refractivity contribution in [1.29, 1.82) is 0 Å². The van der Waals surface area contributed by atoms with Crippen LogP contribution in [0.5, 0.6) is 5.75 Å². The molecule has 0 amide bonds. The normalized spacial score (nSPS) is 18.5. The number of rotatable bonds is 6. The first-order valence-electron chi connectivity index (χ1n) is 9.76. The van der Waals surface area contributed by atoms with Crippen LogP contribution in [-0.4, -0.2) is 24.4 Å². The fourth-order valence-corrected chi connectivity index (χ4v) is 3.19. The second-order valence-corrected chi connectivity index (χ2v) is 8.42. The summed E-state index contributed by atoms with van der Waals surface area (Å²) < 4.78 is 46.7. The van der Waals surface area contributed by atoms with E-state index in [4.69, 9.17) is 14.0 Å². The molecular weight excluding hydrogens is 373 g/mol. The lowest BCUT2D eigenvalue weighted by Crippen LogP contribution is -2.41. The van der Waals surface area contributed by atoms with Gasteiger partial charge in [-0.25, -0.2) is 8.78 Å². The van der Waals surface area contributed by atoms with Gasteiger partial charge < -0.3 is 14.0 Å². The van der Waals surface area contributed by atoms with Crippen LogP contribution in [-0.2, 0) is 9.31 Å². The highest BCUT2D eigenvalue weighted by molar-refractivity contribution is 6.62. The third kappa shape index (κ3) is 4.38. The van der Waals surface area contributed by atoms with Gasteiger partial charge in [0.05, 0.1) is 17.3 Å². The molecule has 0 saturated carbocycles. The van der Waals surface area contributed by atoms with Gasteiger partial charge in [-0.3, -0.25) is 0 Å². The molecule has 1 atom stereocenters. The van der Waals surface area contributed by atoms with Gasteiger partial charge >= 0.3 is 7.12 Å². The molecule has 0 radical (unpaired) electrons. The minimum atomic E-state index is -0.621. The Morgan fingerprint density at radius 1 is 1.03 bits per heavy atom. The van der Waals surface area contributed by atoms with Gasteiger partial charge in [0.25, 0.3) is 0 Å². The fourth-order valence-electron chi connectivity index (χ4n) is 3.19. The molecule has 3 nitrogen and oxygen atoms in total. The first-order chi connectivity index (χ1) is 13.5. The van der Waals surface area contributed by atoms with Gasteiger partial charge in [-0.15, -0.1) is 6.58 Å². The van der Waals surface area contributed by atoms with Crippen molar-refractivity contribution in [2.75, 3.05) is 0 Å². The van der Waals surface area contributed by atoms with Gasteiger partial charge in [0.2, 0.25) is 0 Å². The molecule has 1 heterocycles. The second-order valence-electron chi connectivity index (χ2n) is 8.42. The minimum Gasteiger partial charge on any atom is -0.490 e. The second kappa shape index (κ2) is 7.92. The molecule has 154 valence electrons. The van der Waals surface area contributed by atoms with Crippen molar-refractivity contribution < 1.29 is 22.8 Å². The standard InChI is InChI=1S/C23H27BF2O3/c1-7-8-15(2)27-21-14-17(25)10-11-18(21)19-13-16(9-12-20(19)26)24-28-22(3,4)23(5,6)29-24/h7,9-15H,1,8H2,2-6H3. The molecule has 2 aromatic carbocycles. The van der Waals surface area contributed by atoms with Crippen molar-refractivity contribution in [3.8, 4) is 16.9 Å². The van der Waals surface area contributed by atoms with Crippen LogP contribution in [0.4, 0.5) is 8.78 Å². The SMILES string of the molecule is C=CCC(C)Oc1cc(F)ccc1-c1cc(B2OC(C)(C)C(C)(C)O2)ccc1F. The Morgan fingerprint density at radius 3 is 2.31 bits per heavy atom. The van der Waals surface area contributed by atoms with Gasteiger partial charge in [0, 0.05) is 23.6 Å². The number of hydrogen-bond acceptors (Lipinski definition) is 3. The molecule has 1 unspecified atom stereocenters. The molecule has 3 rings (SSSR count). The molecule has 0 spiro atoms. The largest absolute Gasteiger partial charge is 0.494 e. The molecule has 0 aromatic heterocycles. The topological polar surface area (TPSA) is 27.7 Å². The molecule has 2 aromatic rings. The monoisotopic (exact) mass is 400 g/mol. The van der Waals surface area contributed by atoms with Crippen molar-refractivity contribution in [2.45, 2.75) is 58.3 Å². The van der Waals surface area contributed by atoms with E-state index in [-0.39, 0.29) is 11.9 Å². The highest BCUT2D eigenvalue weighted by Gasteiger charge is 2.51. The predicted octanol–water partition coefficient (Wildman–Crippen LogP) is 5.27. The third-order valence-corrected chi connectivity index (χ3v) is 5.58. The van der Waals surface area contributed by atoms with Crippen molar-refractivity contribution in [3.63, 3.8) is 0 Å². The first-order valence-corrected chi connectivity index (χ1v) is 9.76. The summed E-state index contributed by atoms with van der Waals surface area (Å²) in [5.74, 6) is -0.598. The van der Waals surface area contributed by atoms with E-state index in [2.05, 4.69) is 6.58 Å². The maximum Gasteiger partial charge on any atom is 0.494 e. The summed E-state index contributed by atoms with van der Waals surface area (Å²) in [6.07, 6.45) is 2.09. The van der Waals surface area contributed by atoms with E-state index in [0.29, 0.717) is 23.0 Å². The lowest BCUT2D eigenvalue weighted by molar-refractivity contribution is 0.00578. The van der Waals surface area contributed by atoms with Gasteiger partial charge in [0.1, 0.15) is 17.4 Å². The van der Waals surface area contributed by atoms with E-state index < -0.39 is 30.0 Å². The number of halogens is 2. The average molecular weight is 400 g/mol. The summed E-state index contributed by atoms with van der Waals surface area (Å²) in [5, 5.41) is 0. The number of ether oxygens (including phenoxy) is 1. The maximum absolute atomic E-state index is 14.8. The van der Waals surface area contributed by atoms with Gasteiger partial charge in [0.15, 0.2) is 0 Å². The Kier molecular flexibility index (Phi) is 5.88. The first kappa shape index (κ1) is 21.5. The molecule has 1 saturated heterocycles. The zero-order valence-electron chi connectivity index (χ0n) is 17.6. The molecule has 0 aliphatic carbocycles. The van der Waals surface area contributed by atoms with E-state index in [0.717, 1.165) is 0 Å². The molecule has 0 bridgehead atoms. The lowest BCUT2D eigenvalue weighted by Gasteiger charge is -2.32. The fraction of sp³-hybridized carbons (Fsp3) is 0.391. The van der Waals surface area contributed by atoms with Gasteiger partial charge in [-0.05, 0) is 58.3 Å². The summed E-state index contributed by atoms with van der Waals surface area (Å²) >= 11 is 0. The van der Waals surface area contributed by atoms with Crippen LogP contribution in [0.3, 0.4) is 0 Å². The van der Waals surface area contributed by atoms with Crippen LogP contribution in [0.2, 0.25) is 0 Å². The Labute approximate surface area is 171 Å². The zero-order chi connectivity index (χ0) is 21.4. The van der Waals surface area contributed by atoms with E-state index in [9.17, 15) is 8.78 Å². The van der Waals surface area contributed by atoms with Crippen LogP contribution in [0.1, 0.15) is 41.0 Å². The number of benzene rings is 2. The number of hydrogen-bond donors (Lipinski definition) is 0. The van der Waals surface area contributed by atoms with Gasteiger partial charge in [-0.1, -0.05) is 18.2 Å². The van der Waals surface area contributed by atoms with E-state index in [1.165, 1.54) is 24.3 Å². The Hall–Kier alpha value is -2.18. The zero-order valence-corrected chi connectivity index (χ0v) is 17.6. The summed E-state index contributed by atoms with van der Waals surface area (Å²) in [7, 11) is -0.621. The van der Waals surface area contributed by atoms with Crippen molar-refractivity contribution in [2.24, 2.45) is 0 Å². The molecule has 29 heavy (non-hydrogen) atoms. The molecular formula is C23H27BF2O3. The van der Waals surface area contributed by atoms with Gasteiger partial charge in [-0.2, -0.15) is 0 Å². The summed E-state index contributed by atoms with van der Waals surface area (Å²) in [4.78, 5) is 0. The minimum absolute atomic E-state index is 0.220. The highest BCUT2D eigenvalue weighted by atomic mass is 19.1. The molecule has 1 aliphatic heterocycles. The van der Waals surface area contributed by atoms with Crippen LogP contribution in [0.25, 0.3) is 11.1 Å². The maximum atomic E-state index is 14.8. The van der Waals surface area contributed by atoms with Crippen LogP contribution in [0, 0.1) is 11.6 Å². The quantitative estimate of drug-likeness (QED) is 0.488. The third-order valence-electron chi connectivity index (χ3n) is 5.58. The van der Waals surface area contributed by atoms with Crippen LogP contribution < -0.4 is 10.2 Å². The van der Waals surface area contributed by atoms with E-state index >= 15 is 0 Å². The Morgan fingerprint density at radius 2 is 1.69 bits per heavy atom. The summed E-state index contributed by atoms with van der Waals surface area (Å²) in [6.45, 7) is 13.4. The van der Waals surface area contributed by atoms with Crippen molar-refractivity contribution in [3.05, 3.63) is 60.7 Å². The molecule has 1 fully saturated rings. The van der Waals surface area contributed by atoms with Crippen molar-refractivity contribution in [1.82, 2.24) is 0 Å². The predicted molar refractivity (Wildman–Crippen MR) is 112 cm³/mol.